The second-order valence-electron chi connectivity index (χ2n) is 6.13. The summed E-state index contributed by atoms with van der Waals surface area (Å²) >= 11 is 9.13. The van der Waals surface area contributed by atoms with Crippen LogP contribution in [0.15, 0.2) is 47.4 Å². The molecule has 2 nitrogen and oxygen atoms in total. The van der Waals surface area contributed by atoms with E-state index in [1.807, 2.05) is 24.3 Å². The zero-order valence-electron chi connectivity index (χ0n) is 16.6. The lowest BCUT2D eigenvalue weighted by molar-refractivity contribution is -0.109. The van der Waals surface area contributed by atoms with Crippen molar-refractivity contribution >= 4 is 58.0 Å². The van der Waals surface area contributed by atoms with E-state index in [1.165, 1.54) is 68.0 Å². The molecule has 0 radical (unpaired) electrons. The quantitative estimate of drug-likeness (QED) is 0.364. The fourth-order valence-corrected chi connectivity index (χ4v) is 3.23. The highest BCUT2D eigenvalue weighted by Crippen LogP contribution is 2.20. The van der Waals surface area contributed by atoms with Gasteiger partial charge in [0.15, 0.2) is 10.2 Å². The zero-order chi connectivity index (χ0) is 20.5. The Morgan fingerprint density at radius 3 is 2.04 bits per heavy atom. The molecule has 0 bridgehead atoms. The summed E-state index contributed by atoms with van der Waals surface area (Å²) in [5, 5.41) is 2.59. The third kappa shape index (κ3) is 15.8. The van der Waals surface area contributed by atoms with E-state index < -0.39 is 0 Å². The molecule has 2 aromatic carbocycles. The highest BCUT2D eigenvalue weighted by molar-refractivity contribution is 8.13. The molecule has 5 heteroatoms. The van der Waals surface area contributed by atoms with E-state index in [4.69, 9.17) is 0 Å². The molecule has 0 aliphatic carbocycles. The summed E-state index contributed by atoms with van der Waals surface area (Å²) in [4.78, 5) is 20.9. The van der Waals surface area contributed by atoms with Gasteiger partial charge in [0.05, 0.1) is 0 Å². The average Bonchev–Trinajstić information content (AvgIpc) is 2.61. The molecule has 0 atom stereocenters. The van der Waals surface area contributed by atoms with Gasteiger partial charge < -0.3 is 0 Å². The van der Waals surface area contributed by atoms with Crippen LogP contribution >= 0.6 is 37.0 Å². The smallest absolute Gasteiger partial charge is 0.185 e. The van der Waals surface area contributed by atoms with Crippen LogP contribution in [0, 0.1) is 0 Å². The number of unbranched alkanes of at least 4 members (excludes halogenated alkanes) is 5. The molecule has 0 saturated heterocycles. The summed E-state index contributed by atoms with van der Waals surface area (Å²) in [6, 6.07) is 14.4. The van der Waals surface area contributed by atoms with Gasteiger partial charge in [-0.25, -0.2) is 0 Å². The fraction of sp³-hybridized carbons (Fsp3) is 0.455. The molecule has 0 amide bonds. The van der Waals surface area contributed by atoms with Gasteiger partial charge in [0, 0.05) is 24.5 Å². The molecule has 2 aromatic rings. The maximum atomic E-state index is 10.5. The number of fused-ring (bicyclic) bond motifs is 1. The lowest BCUT2D eigenvalue weighted by Gasteiger charge is -1.98. The second kappa shape index (κ2) is 17.2. The highest BCUT2D eigenvalue weighted by Gasteiger charge is 1.94. The first-order valence-electron chi connectivity index (χ1n) is 9.38. The molecule has 0 aromatic heterocycles. The van der Waals surface area contributed by atoms with Crippen molar-refractivity contribution in [2.75, 3.05) is 5.75 Å². The summed E-state index contributed by atoms with van der Waals surface area (Å²) in [6.07, 6.45) is 7.86. The summed E-state index contributed by atoms with van der Waals surface area (Å²) in [7, 11) is 0. The maximum absolute atomic E-state index is 10.5. The molecule has 0 aliphatic rings. The van der Waals surface area contributed by atoms with Crippen LogP contribution in [0.5, 0.6) is 0 Å². The first-order valence-corrected chi connectivity index (χ1v) is 11.3. The predicted octanol–water partition coefficient (Wildman–Crippen LogP) is 7.22. The van der Waals surface area contributed by atoms with E-state index in [2.05, 4.69) is 50.4 Å². The summed E-state index contributed by atoms with van der Waals surface area (Å²) in [5.41, 5.74) is 0. The van der Waals surface area contributed by atoms with Crippen LogP contribution in [0.2, 0.25) is 0 Å². The number of carbonyl (C=O) groups excluding carboxylic acids is 2. The van der Waals surface area contributed by atoms with Gasteiger partial charge in [-0.1, -0.05) is 87.2 Å². The van der Waals surface area contributed by atoms with Crippen molar-refractivity contribution in [1.82, 2.24) is 0 Å². The monoisotopic (exact) mass is 424 g/mol. The molecule has 0 spiro atoms. The summed E-state index contributed by atoms with van der Waals surface area (Å²) < 4.78 is 0. The van der Waals surface area contributed by atoms with Crippen LogP contribution in [0.1, 0.15) is 59.3 Å². The van der Waals surface area contributed by atoms with Crippen molar-refractivity contribution in [3.63, 3.8) is 0 Å². The molecule has 0 saturated carbocycles. The van der Waals surface area contributed by atoms with Gasteiger partial charge in [-0.15, -0.1) is 25.3 Å². The largest absolute Gasteiger partial charge is 0.288 e. The lowest BCUT2D eigenvalue weighted by Crippen LogP contribution is -1.86. The van der Waals surface area contributed by atoms with E-state index in [9.17, 15) is 9.59 Å². The van der Waals surface area contributed by atoms with Crippen LogP contribution in [0.25, 0.3) is 10.8 Å². The minimum atomic E-state index is -0.139. The number of thioether (sulfide) groups is 1. The lowest BCUT2D eigenvalue weighted by atomic mass is 10.1. The van der Waals surface area contributed by atoms with E-state index in [0.717, 1.165) is 10.6 Å². The third-order valence-electron chi connectivity index (χ3n) is 3.57. The summed E-state index contributed by atoms with van der Waals surface area (Å²) in [6.45, 7) is 5.26. The summed E-state index contributed by atoms with van der Waals surface area (Å²) in [5.74, 6) is 1.02. The third-order valence-corrected chi connectivity index (χ3v) is 4.86. The number of thiol groups is 2. The second-order valence-corrected chi connectivity index (χ2v) is 8.51. The van der Waals surface area contributed by atoms with Gasteiger partial charge in [-0.05, 0) is 23.3 Å². The molecule has 0 N–H and O–H groups in total. The molecule has 2 rings (SSSR count). The Kier molecular flexibility index (Phi) is 16.6. The average molecular weight is 425 g/mol. The number of rotatable bonds is 7. The van der Waals surface area contributed by atoms with Gasteiger partial charge in [0.1, 0.15) is 0 Å². The van der Waals surface area contributed by atoms with Crippen LogP contribution < -0.4 is 0 Å². The first-order chi connectivity index (χ1) is 12.9. The fourth-order valence-electron chi connectivity index (χ4n) is 2.31. The van der Waals surface area contributed by atoms with E-state index >= 15 is 0 Å². The SMILES string of the molecule is CC(=O)S.CCCCCCCCSC(C)=O.Sc1cccc2ccccc12. The van der Waals surface area contributed by atoms with Crippen molar-refractivity contribution in [1.29, 1.82) is 0 Å². The molecule has 150 valence electrons. The van der Waals surface area contributed by atoms with Crippen molar-refractivity contribution in [2.24, 2.45) is 0 Å². The highest BCUT2D eigenvalue weighted by atomic mass is 32.2. The first kappa shape index (κ1) is 26.1. The molecule has 0 fully saturated rings. The number of benzene rings is 2. The minimum absolute atomic E-state index is 0.139. The van der Waals surface area contributed by atoms with Crippen LogP contribution in [-0.2, 0) is 9.59 Å². The molecular formula is C22H32O2S3. The van der Waals surface area contributed by atoms with E-state index in [-0.39, 0.29) is 10.2 Å². The maximum Gasteiger partial charge on any atom is 0.185 e. The van der Waals surface area contributed by atoms with Crippen molar-refractivity contribution in [2.45, 2.75) is 64.2 Å². The van der Waals surface area contributed by atoms with Gasteiger partial charge in [-0.2, -0.15) is 0 Å². The van der Waals surface area contributed by atoms with Crippen LogP contribution in [-0.4, -0.2) is 16.0 Å². The van der Waals surface area contributed by atoms with Gasteiger partial charge in [0.2, 0.25) is 0 Å². The van der Waals surface area contributed by atoms with Gasteiger partial charge >= 0.3 is 0 Å². The zero-order valence-corrected chi connectivity index (χ0v) is 19.2. The van der Waals surface area contributed by atoms with Gasteiger partial charge in [-0.3, -0.25) is 9.59 Å². The van der Waals surface area contributed by atoms with E-state index in [1.54, 1.807) is 6.92 Å². The number of hydrogen-bond acceptors (Lipinski definition) is 4. The molecule has 27 heavy (non-hydrogen) atoms. The Morgan fingerprint density at radius 1 is 0.889 bits per heavy atom. The van der Waals surface area contributed by atoms with Crippen LogP contribution in [0.3, 0.4) is 0 Å². The Morgan fingerprint density at radius 2 is 1.44 bits per heavy atom. The Labute approximate surface area is 179 Å². The molecular weight excluding hydrogens is 392 g/mol. The standard InChI is InChI=1S/C10H20OS.C10H8S.C2H4OS/c1-3-4-5-6-7-8-9-12-10(2)11;11-10-7-3-5-8-4-1-2-6-9(8)10;1-2(3)4/h3-9H2,1-2H3;1-7,11H;1H3,(H,3,4). The number of hydrogen-bond donors (Lipinski definition) is 2. The number of carbonyl (C=O) groups is 2. The van der Waals surface area contributed by atoms with Crippen molar-refractivity contribution in [3.05, 3.63) is 42.5 Å². The molecule has 0 aliphatic heterocycles. The molecule has 0 heterocycles. The van der Waals surface area contributed by atoms with Crippen molar-refractivity contribution in [3.8, 4) is 0 Å². The van der Waals surface area contributed by atoms with Crippen molar-refractivity contribution < 1.29 is 9.59 Å². The Bertz CT molecular complexity index is 662. The Balaban J connectivity index is 0.000000420. The topological polar surface area (TPSA) is 34.1 Å². The normalized spacial score (nSPS) is 9.67. The Hall–Kier alpha value is -0.910. The van der Waals surface area contributed by atoms with Crippen LogP contribution in [0.4, 0.5) is 0 Å². The van der Waals surface area contributed by atoms with E-state index in [0.29, 0.717) is 0 Å². The minimum Gasteiger partial charge on any atom is -0.288 e. The van der Waals surface area contributed by atoms with Gasteiger partial charge in [0.25, 0.3) is 0 Å². The predicted molar refractivity (Wildman–Crippen MR) is 127 cm³/mol. The molecule has 0 unspecified atom stereocenters.